The standard InChI is InChI=1S/C11H13N3O2/c1-7-2-5-9(15-7)6-12-11-13-10(14-16-11)8-3-4-8/h2,5,8H,3-4,6H2,1H3,(H,12,13,14). The molecule has 1 fully saturated rings. The minimum atomic E-state index is 0.468. The van der Waals surface area contributed by atoms with Crippen LogP contribution < -0.4 is 5.32 Å². The third kappa shape index (κ3) is 1.93. The van der Waals surface area contributed by atoms with Crippen molar-refractivity contribution in [2.75, 3.05) is 5.32 Å². The van der Waals surface area contributed by atoms with Crippen LogP contribution in [0.1, 0.15) is 36.1 Å². The van der Waals surface area contributed by atoms with Gasteiger partial charge in [-0.2, -0.15) is 4.98 Å². The lowest BCUT2D eigenvalue weighted by atomic mass is 10.4. The predicted molar refractivity (Wildman–Crippen MR) is 57.0 cm³/mol. The Balaban J connectivity index is 1.61. The maximum absolute atomic E-state index is 5.42. The lowest BCUT2D eigenvalue weighted by molar-refractivity contribution is 0.419. The van der Waals surface area contributed by atoms with Crippen LogP contribution >= 0.6 is 0 Å². The van der Waals surface area contributed by atoms with Crippen molar-refractivity contribution in [3.8, 4) is 0 Å². The third-order valence-electron chi connectivity index (χ3n) is 2.59. The van der Waals surface area contributed by atoms with Gasteiger partial charge >= 0.3 is 6.01 Å². The Morgan fingerprint density at radius 3 is 3.00 bits per heavy atom. The van der Waals surface area contributed by atoms with Crippen LogP contribution in [0.3, 0.4) is 0 Å². The zero-order valence-corrected chi connectivity index (χ0v) is 9.06. The molecule has 0 aromatic carbocycles. The second-order valence-corrected chi connectivity index (χ2v) is 4.10. The molecule has 1 aliphatic rings. The molecule has 0 radical (unpaired) electrons. The zero-order valence-electron chi connectivity index (χ0n) is 9.06. The van der Waals surface area contributed by atoms with E-state index in [-0.39, 0.29) is 0 Å². The summed E-state index contributed by atoms with van der Waals surface area (Å²) < 4.78 is 10.5. The summed E-state index contributed by atoms with van der Waals surface area (Å²) in [4.78, 5) is 4.26. The van der Waals surface area contributed by atoms with Gasteiger partial charge in [0.25, 0.3) is 0 Å². The summed E-state index contributed by atoms with van der Waals surface area (Å²) in [6.45, 7) is 2.49. The van der Waals surface area contributed by atoms with Gasteiger partial charge in [-0.15, -0.1) is 0 Å². The van der Waals surface area contributed by atoms with E-state index in [0.29, 0.717) is 18.5 Å². The van der Waals surface area contributed by atoms with Crippen LogP contribution in [0.5, 0.6) is 0 Å². The molecule has 0 bridgehead atoms. The van der Waals surface area contributed by atoms with E-state index in [4.69, 9.17) is 8.94 Å². The molecule has 0 saturated heterocycles. The van der Waals surface area contributed by atoms with E-state index in [9.17, 15) is 0 Å². The van der Waals surface area contributed by atoms with E-state index < -0.39 is 0 Å². The van der Waals surface area contributed by atoms with Crippen molar-refractivity contribution in [1.29, 1.82) is 0 Å². The molecule has 0 amide bonds. The van der Waals surface area contributed by atoms with Crippen molar-refractivity contribution >= 4 is 6.01 Å². The molecule has 2 aromatic rings. The van der Waals surface area contributed by atoms with Gasteiger partial charge in [-0.3, -0.25) is 0 Å². The van der Waals surface area contributed by atoms with Crippen LogP contribution in [-0.4, -0.2) is 10.1 Å². The molecular formula is C11H13N3O2. The van der Waals surface area contributed by atoms with Gasteiger partial charge in [-0.05, 0) is 31.9 Å². The number of rotatable bonds is 4. The van der Waals surface area contributed by atoms with Gasteiger partial charge in [0, 0.05) is 5.92 Å². The van der Waals surface area contributed by atoms with E-state index in [1.54, 1.807) is 0 Å². The number of aromatic nitrogens is 2. The topological polar surface area (TPSA) is 64.1 Å². The van der Waals surface area contributed by atoms with Gasteiger partial charge in [0.1, 0.15) is 11.5 Å². The van der Waals surface area contributed by atoms with Gasteiger partial charge < -0.3 is 14.3 Å². The Kier molecular flexibility index (Phi) is 2.16. The SMILES string of the molecule is Cc1ccc(CNc2nc(C3CC3)no2)o1. The molecule has 1 N–H and O–H groups in total. The van der Waals surface area contributed by atoms with Crippen LogP contribution in [0.25, 0.3) is 0 Å². The maximum Gasteiger partial charge on any atom is 0.321 e. The summed E-state index contributed by atoms with van der Waals surface area (Å²) in [6.07, 6.45) is 2.35. The van der Waals surface area contributed by atoms with Gasteiger partial charge in [-0.25, -0.2) is 0 Å². The van der Waals surface area contributed by atoms with E-state index >= 15 is 0 Å². The fourth-order valence-corrected chi connectivity index (χ4v) is 1.56. The fraction of sp³-hybridized carbons (Fsp3) is 0.455. The summed E-state index contributed by atoms with van der Waals surface area (Å²) in [5.74, 6) is 3.10. The first-order chi connectivity index (χ1) is 7.81. The van der Waals surface area contributed by atoms with Gasteiger partial charge in [0.05, 0.1) is 6.54 Å². The highest BCUT2D eigenvalue weighted by atomic mass is 16.5. The summed E-state index contributed by atoms with van der Waals surface area (Å²) >= 11 is 0. The van der Waals surface area contributed by atoms with Crippen molar-refractivity contribution < 1.29 is 8.94 Å². The molecule has 1 aliphatic carbocycles. The number of anilines is 1. The number of aryl methyl sites for hydroxylation is 1. The number of furan rings is 1. The van der Waals surface area contributed by atoms with E-state index in [0.717, 1.165) is 17.3 Å². The predicted octanol–water partition coefficient (Wildman–Crippen LogP) is 2.46. The Hall–Kier alpha value is -1.78. The van der Waals surface area contributed by atoms with Crippen LogP contribution in [-0.2, 0) is 6.54 Å². The highest BCUT2D eigenvalue weighted by Crippen LogP contribution is 2.38. The molecule has 0 unspecified atom stereocenters. The molecule has 1 saturated carbocycles. The first kappa shape index (κ1) is 9.45. The van der Waals surface area contributed by atoms with Gasteiger partial charge in [0.2, 0.25) is 0 Å². The molecule has 3 rings (SSSR count). The largest absolute Gasteiger partial charge is 0.465 e. The first-order valence-electron chi connectivity index (χ1n) is 5.44. The Morgan fingerprint density at radius 2 is 2.31 bits per heavy atom. The van der Waals surface area contributed by atoms with Crippen LogP contribution in [0.4, 0.5) is 6.01 Å². The number of nitrogens with one attached hydrogen (secondary N) is 1. The molecule has 5 heteroatoms. The average molecular weight is 219 g/mol. The summed E-state index contributed by atoms with van der Waals surface area (Å²) in [5.41, 5.74) is 0. The molecule has 5 nitrogen and oxygen atoms in total. The van der Waals surface area contributed by atoms with Crippen molar-refractivity contribution in [2.45, 2.75) is 32.2 Å². The number of hydrogen-bond donors (Lipinski definition) is 1. The molecule has 0 atom stereocenters. The Labute approximate surface area is 92.8 Å². The molecule has 84 valence electrons. The molecule has 0 aliphatic heterocycles. The molecule has 0 spiro atoms. The van der Waals surface area contributed by atoms with E-state index in [2.05, 4.69) is 15.5 Å². The van der Waals surface area contributed by atoms with Crippen molar-refractivity contribution in [1.82, 2.24) is 10.1 Å². The molecule has 2 heterocycles. The van der Waals surface area contributed by atoms with Crippen molar-refractivity contribution in [3.63, 3.8) is 0 Å². The zero-order chi connectivity index (χ0) is 11.0. The van der Waals surface area contributed by atoms with Crippen LogP contribution in [0.15, 0.2) is 21.1 Å². The van der Waals surface area contributed by atoms with E-state index in [1.165, 1.54) is 12.8 Å². The minimum Gasteiger partial charge on any atom is -0.465 e. The lowest BCUT2D eigenvalue weighted by Crippen LogP contribution is -1.98. The normalized spacial score (nSPS) is 15.3. The Bertz CT molecular complexity index is 485. The molecule has 16 heavy (non-hydrogen) atoms. The van der Waals surface area contributed by atoms with Crippen LogP contribution in [0.2, 0.25) is 0 Å². The maximum atomic E-state index is 5.42. The van der Waals surface area contributed by atoms with Crippen LogP contribution in [0, 0.1) is 6.92 Å². The second kappa shape index (κ2) is 3.66. The smallest absolute Gasteiger partial charge is 0.321 e. The summed E-state index contributed by atoms with van der Waals surface area (Å²) in [7, 11) is 0. The molecular weight excluding hydrogens is 206 g/mol. The van der Waals surface area contributed by atoms with Crippen molar-refractivity contribution in [3.05, 3.63) is 29.5 Å². The number of hydrogen-bond acceptors (Lipinski definition) is 5. The lowest BCUT2D eigenvalue weighted by Gasteiger charge is -1.96. The third-order valence-corrected chi connectivity index (χ3v) is 2.59. The fourth-order valence-electron chi connectivity index (χ4n) is 1.56. The van der Waals surface area contributed by atoms with Gasteiger partial charge in [-0.1, -0.05) is 5.16 Å². The quantitative estimate of drug-likeness (QED) is 0.855. The summed E-state index contributed by atoms with van der Waals surface area (Å²) in [6, 6.07) is 4.33. The highest BCUT2D eigenvalue weighted by molar-refractivity contribution is 5.22. The first-order valence-corrected chi connectivity index (χ1v) is 5.44. The second-order valence-electron chi connectivity index (χ2n) is 4.10. The highest BCUT2D eigenvalue weighted by Gasteiger charge is 2.28. The average Bonchev–Trinajstić information content (AvgIpc) is 2.87. The summed E-state index contributed by atoms with van der Waals surface area (Å²) in [5, 5.41) is 6.96. The Morgan fingerprint density at radius 1 is 1.44 bits per heavy atom. The molecule has 2 aromatic heterocycles. The number of nitrogens with zero attached hydrogens (tertiary/aromatic N) is 2. The monoisotopic (exact) mass is 219 g/mol. The van der Waals surface area contributed by atoms with Gasteiger partial charge in [0.15, 0.2) is 5.82 Å². The van der Waals surface area contributed by atoms with Crippen molar-refractivity contribution in [2.24, 2.45) is 0 Å². The minimum absolute atomic E-state index is 0.468. The van der Waals surface area contributed by atoms with E-state index in [1.807, 2.05) is 19.1 Å².